The van der Waals surface area contributed by atoms with E-state index in [-0.39, 0.29) is 18.4 Å². The maximum atomic E-state index is 5.53. The molecule has 0 heterocycles. The predicted molar refractivity (Wildman–Crippen MR) is 109 cm³/mol. The zero-order valence-corrected chi connectivity index (χ0v) is 15.4. The summed E-state index contributed by atoms with van der Waals surface area (Å²) in [6.07, 6.45) is 2.07. The van der Waals surface area contributed by atoms with Gasteiger partial charge in [0.2, 0.25) is 0 Å². The minimum absolute atomic E-state index is 0. The van der Waals surface area contributed by atoms with Gasteiger partial charge in [0.25, 0.3) is 0 Å². The molecule has 3 aromatic carbocycles. The van der Waals surface area contributed by atoms with Gasteiger partial charge in [-0.05, 0) is 34.9 Å². The van der Waals surface area contributed by atoms with E-state index in [4.69, 9.17) is 4.74 Å². The van der Waals surface area contributed by atoms with Crippen molar-refractivity contribution in [2.45, 2.75) is 13.0 Å². The smallest absolute Gasteiger partial charge is 0.110 e. The second-order valence-electron chi connectivity index (χ2n) is 5.90. The van der Waals surface area contributed by atoms with Crippen molar-refractivity contribution in [2.75, 3.05) is 13.7 Å². The van der Waals surface area contributed by atoms with Crippen LogP contribution in [0.3, 0.4) is 0 Å². The van der Waals surface area contributed by atoms with Gasteiger partial charge in [-0.25, -0.2) is 0 Å². The normalized spacial score (nSPS) is 12.5. The number of methoxy groups -OCH3 is 1. The number of rotatable bonds is 6. The van der Waals surface area contributed by atoms with Crippen molar-refractivity contribution in [3.05, 3.63) is 89.7 Å². The molecule has 2 nitrogen and oxygen atoms in total. The highest BCUT2D eigenvalue weighted by atomic mass is 35.5. The molecule has 0 aliphatic rings. The van der Waals surface area contributed by atoms with Crippen LogP contribution >= 0.6 is 12.4 Å². The lowest BCUT2D eigenvalue weighted by Gasteiger charge is -2.17. The van der Waals surface area contributed by atoms with Gasteiger partial charge in [0, 0.05) is 6.04 Å². The maximum absolute atomic E-state index is 5.53. The topological polar surface area (TPSA) is 21.3 Å². The van der Waals surface area contributed by atoms with Crippen molar-refractivity contribution < 1.29 is 4.74 Å². The number of nitrogens with one attached hydrogen (secondary N) is 1. The Kier molecular flexibility index (Phi) is 7.05. The van der Waals surface area contributed by atoms with Crippen LogP contribution in [0.1, 0.15) is 24.1 Å². The Morgan fingerprint density at radius 2 is 1.64 bits per heavy atom. The Morgan fingerprint density at radius 1 is 0.960 bits per heavy atom. The Balaban J connectivity index is 0.00000225. The first kappa shape index (κ1) is 19.0. The van der Waals surface area contributed by atoms with Gasteiger partial charge in [-0.2, -0.15) is 0 Å². The van der Waals surface area contributed by atoms with Crippen molar-refractivity contribution in [2.24, 2.45) is 0 Å². The quantitative estimate of drug-likeness (QED) is 0.582. The number of halogens is 1. The fraction of sp³-hybridized carbons (Fsp3) is 0.182. The molecule has 3 aromatic rings. The SMILES string of the molecule is COC(=Cc1ccccc1)CN[C@H](C)c1cccc2ccccc12.Cl. The average Bonchev–Trinajstić information content (AvgIpc) is 2.65. The Hall–Kier alpha value is -2.29. The summed E-state index contributed by atoms with van der Waals surface area (Å²) in [6.45, 7) is 2.88. The van der Waals surface area contributed by atoms with E-state index in [1.54, 1.807) is 7.11 Å². The van der Waals surface area contributed by atoms with Gasteiger partial charge < -0.3 is 10.1 Å². The predicted octanol–water partition coefficient (Wildman–Crippen LogP) is 5.60. The van der Waals surface area contributed by atoms with Crippen LogP contribution in [-0.4, -0.2) is 13.7 Å². The van der Waals surface area contributed by atoms with Gasteiger partial charge in [0.15, 0.2) is 0 Å². The second-order valence-corrected chi connectivity index (χ2v) is 5.90. The van der Waals surface area contributed by atoms with Crippen molar-refractivity contribution in [3.8, 4) is 0 Å². The molecule has 0 aromatic heterocycles. The molecule has 130 valence electrons. The van der Waals surface area contributed by atoms with Gasteiger partial charge in [-0.15, -0.1) is 12.4 Å². The van der Waals surface area contributed by atoms with Crippen LogP contribution in [0, 0.1) is 0 Å². The molecular formula is C22H24ClNO. The van der Waals surface area contributed by atoms with Crippen LogP contribution in [0.4, 0.5) is 0 Å². The summed E-state index contributed by atoms with van der Waals surface area (Å²) in [5, 5.41) is 6.14. The van der Waals surface area contributed by atoms with Gasteiger partial charge in [-0.1, -0.05) is 72.8 Å². The Bertz CT molecular complexity index is 824. The third-order valence-corrected chi connectivity index (χ3v) is 4.26. The first-order valence-electron chi connectivity index (χ1n) is 8.28. The molecule has 0 spiro atoms. The van der Waals surface area contributed by atoms with Crippen molar-refractivity contribution in [1.82, 2.24) is 5.32 Å². The van der Waals surface area contributed by atoms with Crippen LogP contribution in [0.5, 0.6) is 0 Å². The van der Waals surface area contributed by atoms with Gasteiger partial charge >= 0.3 is 0 Å². The lowest BCUT2D eigenvalue weighted by atomic mass is 10.00. The lowest BCUT2D eigenvalue weighted by Crippen LogP contribution is -2.22. The number of hydrogen-bond donors (Lipinski definition) is 1. The van der Waals surface area contributed by atoms with Gasteiger partial charge in [0.05, 0.1) is 13.7 Å². The number of fused-ring (bicyclic) bond motifs is 1. The third kappa shape index (κ3) is 4.85. The lowest BCUT2D eigenvalue weighted by molar-refractivity contribution is 0.280. The van der Waals surface area contributed by atoms with E-state index >= 15 is 0 Å². The maximum Gasteiger partial charge on any atom is 0.110 e. The van der Waals surface area contributed by atoms with Crippen LogP contribution in [0.2, 0.25) is 0 Å². The van der Waals surface area contributed by atoms with E-state index in [0.29, 0.717) is 6.54 Å². The molecule has 0 aliphatic heterocycles. The molecule has 0 unspecified atom stereocenters. The first-order valence-corrected chi connectivity index (χ1v) is 8.28. The van der Waals surface area contributed by atoms with Crippen molar-refractivity contribution in [3.63, 3.8) is 0 Å². The van der Waals surface area contributed by atoms with Crippen molar-refractivity contribution >= 4 is 29.3 Å². The summed E-state index contributed by atoms with van der Waals surface area (Å²) in [5.74, 6) is 0.924. The molecule has 3 rings (SSSR count). The monoisotopic (exact) mass is 353 g/mol. The molecule has 0 saturated heterocycles. The molecule has 0 fully saturated rings. The highest BCUT2D eigenvalue weighted by Gasteiger charge is 2.09. The fourth-order valence-electron chi connectivity index (χ4n) is 2.91. The molecule has 1 atom stereocenters. The van der Waals surface area contributed by atoms with Crippen LogP contribution in [0.15, 0.2) is 78.6 Å². The summed E-state index contributed by atoms with van der Waals surface area (Å²) >= 11 is 0. The molecule has 0 bridgehead atoms. The summed E-state index contributed by atoms with van der Waals surface area (Å²) in [4.78, 5) is 0. The van der Waals surface area contributed by atoms with Crippen LogP contribution < -0.4 is 5.32 Å². The molecule has 25 heavy (non-hydrogen) atoms. The molecule has 0 radical (unpaired) electrons. The highest BCUT2D eigenvalue weighted by molar-refractivity contribution is 5.86. The fourth-order valence-corrected chi connectivity index (χ4v) is 2.91. The van der Waals surface area contributed by atoms with E-state index in [1.165, 1.54) is 16.3 Å². The summed E-state index contributed by atoms with van der Waals surface area (Å²) in [6, 6.07) is 25.4. The molecule has 0 saturated carbocycles. The minimum Gasteiger partial charge on any atom is -0.500 e. The molecule has 0 amide bonds. The number of benzene rings is 3. The summed E-state index contributed by atoms with van der Waals surface area (Å²) in [7, 11) is 1.72. The van der Waals surface area contributed by atoms with E-state index in [2.05, 4.69) is 72.9 Å². The third-order valence-electron chi connectivity index (χ3n) is 4.26. The van der Waals surface area contributed by atoms with Crippen molar-refractivity contribution in [1.29, 1.82) is 0 Å². The first-order chi connectivity index (χ1) is 11.8. The van der Waals surface area contributed by atoms with Gasteiger partial charge in [-0.3, -0.25) is 0 Å². The second kappa shape index (κ2) is 9.26. The highest BCUT2D eigenvalue weighted by Crippen LogP contribution is 2.24. The van der Waals surface area contributed by atoms with E-state index < -0.39 is 0 Å². The average molecular weight is 354 g/mol. The summed E-state index contributed by atoms with van der Waals surface area (Å²) < 4.78 is 5.53. The van der Waals surface area contributed by atoms with E-state index in [0.717, 1.165) is 11.3 Å². The minimum atomic E-state index is 0. The number of hydrogen-bond acceptors (Lipinski definition) is 2. The Labute approximate surface area is 155 Å². The van der Waals surface area contributed by atoms with Crippen LogP contribution in [-0.2, 0) is 4.74 Å². The van der Waals surface area contributed by atoms with Gasteiger partial charge in [0.1, 0.15) is 5.76 Å². The molecule has 3 heteroatoms. The standard InChI is InChI=1S/C22H23NO.ClH/c1-17(21-14-8-12-19-11-6-7-13-22(19)21)23-16-20(24-2)15-18-9-4-3-5-10-18;/h3-15,17,23H,16H2,1-2H3;1H/t17-;/m1./s1. The number of ether oxygens (including phenoxy) is 1. The molecule has 0 aliphatic carbocycles. The largest absolute Gasteiger partial charge is 0.500 e. The van der Waals surface area contributed by atoms with Crippen LogP contribution in [0.25, 0.3) is 16.8 Å². The van der Waals surface area contributed by atoms with E-state index in [9.17, 15) is 0 Å². The molecular weight excluding hydrogens is 330 g/mol. The Morgan fingerprint density at radius 3 is 2.40 bits per heavy atom. The zero-order chi connectivity index (χ0) is 16.8. The zero-order valence-electron chi connectivity index (χ0n) is 14.6. The molecule has 1 N–H and O–H groups in total. The summed E-state index contributed by atoms with van der Waals surface area (Å²) in [5.41, 5.74) is 2.46. The van der Waals surface area contributed by atoms with E-state index in [1.807, 2.05) is 18.2 Å².